The first-order valence-corrected chi connectivity index (χ1v) is 12.3. The molecule has 1 aliphatic rings. The Balaban J connectivity index is 1.57. The molecule has 0 aliphatic carbocycles. The Kier molecular flexibility index (Phi) is 7.02. The van der Waals surface area contributed by atoms with Crippen molar-refractivity contribution in [2.75, 3.05) is 35.1 Å². The van der Waals surface area contributed by atoms with Crippen molar-refractivity contribution in [1.82, 2.24) is 5.32 Å². The number of amides is 1. The van der Waals surface area contributed by atoms with Crippen LogP contribution < -0.4 is 14.5 Å². The summed E-state index contributed by atoms with van der Waals surface area (Å²) in [6.07, 6.45) is 4.18. The first-order valence-electron chi connectivity index (χ1n) is 10.4. The highest BCUT2D eigenvalue weighted by Crippen LogP contribution is 2.26. The van der Waals surface area contributed by atoms with E-state index >= 15 is 0 Å². The summed E-state index contributed by atoms with van der Waals surface area (Å²) < 4.78 is 25.9. The molecule has 0 spiro atoms. The molecule has 0 radical (unpaired) electrons. The highest BCUT2D eigenvalue weighted by atomic mass is 32.2. The van der Waals surface area contributed by atoms with E-state index in [2.05, 4.69) is 34.5 Å². The average molecular weight is 430 g/mol. The molecule has 0 fully saturated rings. The third-order valence-corrected chi connectivity index (χ3v) is 6.73. The number of carbonyl (C=O) groups is 1. The second-order valence-electron chi connectivity index (χ2n) is 7.93. The molecular weight excluding hydrogens is 398 g/mol. The molecular formula is C23H31N3O3S. The Morgan fingerprint density at radius 1 is 1.17 bits per heavy atom. The largest absolute Gasteiger partial charge is 0.371 e. The molecule has 1 amide bonds. The second-order valence-corrected chi connectivity index (χ2v) is 9.79. The molecule has 1 heterocycles. The van der Waals surface area contributed by atoms with Gasteiger partial charge >= 0.3 is 0 Å². The van der Waals surface area contributed by atoms with Crippen LogP contribution in [0.25, 0.3) is 0 Å². The summed E-state index contributed by atoms with van der Waals surface area (Å²) in [5, 5.41) is 2.91. The molecule has 1 N–H and O–H groups in total. The fraction of sp³-hybridized carbons (Fsp3) is 0.435. The van der Waals surface area contributed by atoms with Crippen molar-refractivity contribution in [3.63, 3.8) is 0 Å². The van der Waals surface area contributed by atoms with Gasteiger partial charge in [-0.25, -0.2) is 8.42 Å². The zero-order valence-electron chi connectivity index (χ0n) is 18.0. The molecule has 1 atom stereocenters. The zero-order chi connectivity index (χ0) is 21.7. The number of rotatable bonds is 8. The first kappa shape index (κ1) is 22.2. The average Bonchev–Trinajstić information content (AvgIpc) is 2.71. The minimum atomic E-state index is -3.59. The fourth-order valence-corrected chi connectivity index (χ4v) is 5.15. The first-order chi connectivity index (χ1) is 14.3. The topological polar surface area (TPSA) is 69.7 Å². The van der Waals surface area contributed by atoms with Crippen LogP contribution in [0.5, 0.6) is 0 Å². The van der Waals surface area contributed by atoms with E-state index in [1.165, 1.54) is 15.6 Å². The molecule has 0 saturated heterocycles. The maximum atomic E-state index is 12.7. The van der Waals surface area contributed by atoms with Crippen LogP contribution in [0.2, 0.25) is 0 Å². The van der Waals surface area contributed by atoms with Crippen molar-refractivity contribution in [3.8, 4) is 0 Å². The van der Waals surface area contributed by atoms with Gasteiger partial charge in [0.15, 0.2) is 0 Å². The highest BCUT2D eigenvalue weighted by Gasteiger charge is 2.28. The minimum Gasteiger partial charge on any atom is -0.371 e. The van der Waals surface area contributed by atoms with Crippen LogP contribution in [-0.4, -0.2) is 46.3 Å². The third-order valence-electron chi connectivity index (χ3n) is 5.49. The van der Waals surface area contributed by atoms with Gasteiger partial charge < -0.3 is 10.2 Å². The maximum Gasteiger partial charge on any atom is 0.243 e. The lowest BCUT2D eigenvalue weighted by Crippen LogP contribution is -2.48. The van der Waals surface area contributed by atoms with E-state index < -0.39 is 16.1 Å². The van der Waals surface area contributed by atoms with Crippen LogP contribution in [0.4, 0.5) is 11.4 Å². The number of hydrogen-bond donors (Lipinski definition) is 1. The summed E-state index contributed by atoms with van der Waals surface area (Å²) >= 11 is 0. The van der Waals surface area contributed by atoms with E-state index in [1.54, 1.807) is 19.1 Å². The highest BCUT2D eigenvalue weighted by molar-refractivity contribution is 7.92. The molecule has 1 aliphatic heterocycles. The summed E-state index contributed by atoms with van der Waals surface area (Å²) in [7, 11) is -3.59. The van der Waals surface area contributed by atoms with Crippen molar-refractivity contribution < 1.29 is 13.2 Å². The lowest BCUT2D eigenvalue weighted by atomic mass is 10.0. The molecule has 2 aromatic rings. The number of carbonyl (C=O) groups excluding carboxylic acids is 1. The summed E-state index contributed by atoms with van der Waals surface area (Å²) in [5.74, 6) is -0.292. The number of sulfonamides is 1. The number of benzene rings is 2. The Labute approximate surface area is 179 Å². The SMILES string of the molecule is Cc1ccc(N(C(C)C(=O)NCCCN2CCCc3ccccc32)S(C)(=O)=O)cc1. The summed E-state index contributed by atoms with van der Waals surface area (Å²) in [6, 6.07) is 14.8. The smallest absolute Gasteiger partial charge is 0.243 e. The lowest BCUT2D eigenvalue weighted by molar-refractivity contribution is -0.121. The van der Waals surface area contributed by atoms with Crippen LogP contribution in [0, 0.1) is 6.92 Å². The Bertz CT molecular complexity index is 973. The third kappa shape index (κ3) is 5.33. The normalized spacial score (nSPS) is 14.7. The Morgan fingerprint density at radius 2 is 1.87 bits per heavy atom. The lowest BCUT2D eigenvalue weighted by Gasteiger charge is -2.31. The van der Waals surface area contributed by atoms with Gasteiger partial charge in [0.2, 0.25) is 15.9 Å². The van der Waals surface area contributed by atoms with Gasteiger partial charge in [-0.1, -0.05) is 35.9 Å². The molecule has 1 unspecified atom stereocenters. The number of nitrogens with one attached hydrogen (secondary N) is 1. The van der Waals surface area contributed by atoms with Crippen molar-refractivity contribution >= 4 is 27.3 Å². The second kappa shape index (κ2) is 9.51. The molecule has 0 saturated carbocycles. The van der Waals surface area contributed by atoms with Crippen molar-refractivity contribution in [1.29, 1.82) is 0 Å². The summed E-state index contributed by atoms with van der Waals surface area (Å²) in [4.78, 5) is 15.1. The molecule has 0 bridgehead atoms. The van der Waals surface area contributed by atoms with Crippen LogP contribution in [-0.2, 0) is 21.2 Å². The van der Waals surface area contributed by atoms with Gasteiger partial charge in [-0.2, -0.15) is 0 Å². The number of para-hydroxylation sites is 1. The van der Waals surface area contributed by atoms with Crippen LogP contribution in [0.15, 0.2) is 48.5 Å². The minimum absolute atomic E-state index is 0.292. The number of nitrogens with zero attached hydrogens (tertiary/aromatic N) is 2. The van der Waals surface area contributed by atoms with Gasteiger partial charge in [0.25, 0.3) is 0 Å². The van der Waals surface area contributed by atoms with Gasteiger partial charge in [-0.05, 0) is 56.9 Å². The number of hydrogen-bond acceptors (Lipinski definition) is 4. The molecule has 2 aromatic carbocycles. The van der Waals surface area contributed by atoms with Crippen LogP contribution >= 0.6 is 0 Å². The van der Waals surface area contributed by atoms with E-state index in [9.17, 15) is 13.2 Å². The number of fused-ring (bicyclic) bond motifs is 1. The van der Waals surface area contributed by atoms with Gasteiger partial charge in [0.05, 0.1) is 11.9 Å². The van der Waals surface area contributed by atoms with Gasteiger partial charge in [0, 0.05) is 25.3 Å². The van der Waals surface area contributed by atoms with E-state index in [1.807, 2.05) is 19.1 Å². The van der Waals surface area contributed by atoms with Crippen LogP contribution in [0.1, 0.15) is 30.9 Å². The number of anilines is 2. The van der Waals surface area contributed by atoms with E-state index in [-0.39, 0.29) is 5.91 Å². The molecule has 6 nitrogen and oxygen atoms in total. The van der Waals surface area contributed by atoms with E-state index in [0.29, 0.717) is 12.2 Å². The summed E-state index contributed by atoms with van der Waals surface area (Å²) in [6.45, 7) is 5.95. The zero-order valence-corrected chi connectivity index (χ0v) is 18.8. The van der Waals surface area contributed by atoms with Crippen molar-refractivity contribution in [2.45, 2.75) is 39.2 Å². The van der Waals surface area contributed by atoms with E-state index in [0.717, 1.165) is 44.2 Å². The predicted octanol–water partition coefficient (Wildman–Crippen LogP) is 3.11. The molecule has 162 valence electrons. The molecule has 30 heavy (non-hydrogen) atoms. The monoisotopic (exact) mass is 429 g/mol. The molecule has 3 rings (SSSR count). The molecule has 7 heteroatoms. The van der Waals surface area contributed by atoms with Crippen molar-refractivity contribution in [3.05, 3.63) is 59.7 Å². The standard InChI is InChI=1S/C23H31N3O3S/c1-18-11-13-21(14-12-18)26(30(3,28)29)19(2)23(27)24-15-7-17-25-16-6-9-20-8-4-5-10-22(20)25/h4-5,8,10-14,19H,6-7,9,15-17H2,1-3H3,(H,24,27). The van der Waals surface area contributed by atoms with Gasteiger partial charge in [-0.3, -0.25) is 9.10 Å². The fourth-order valence-electron chi connectivity index (χ4n) is 3.97. The Hall–Kier alpha value is -2.54. The Morgan fingerprint density at radius 3 is 2.57 bits per heavy atom. The van der Waals surface area contributed by atoms with Crippen molar-refractivity contribution in [2.24, 2.45) is 0 Å². The van der Waals surface area contributed by atoms with Gasteiger partial charge in [0.1, 0.15) is 6.04 Å². The summed E-state index contributed by atoms with van der Waals surface area (Å²) in [5.41, 5.74) is 4.19. The van der Waals surface area contributed by atoms with Crippen LogP contribution in [0.3, 0.4) is 0 Å². The van der Waals surface area contributed by atoms with Gasteiger partial charge in [-0.15, -0.1) is 0 Å². The number of aryl methyl sites for hydroxylation is 2. The quantitative estimate of drug-likeness (QED) is 0.655. The predicted molar refractivity (Wildman–Crippen MR) is 123 cm³/mol. The van der Waals surface area contributed by atoms with E-state index in [4.69, 9.17) is 0 Å². The maximum absolute atomic E-state index is 12.7. The molecule has 0 aromatic heterocycles.